The second kappa shape index (κ2) is 7.87. The van der Waals surface area contributed by atoms with Crippen LogP contribution in [0.4, 0.5) is 0 Å². The minimum Gasteiger partial charge on any atom is -0.387 e. The molecule has 0 amide bonds. The van der Waals surface area contributed by atoms with E-state index >= 15 is 0 Å². The van der Waals surface area contributed by atoms with Crippen LogP contribution < -0.4 is 10.6 Å². The molecule has 0 heterocycles. The first-order valence-corrected chi connectivity index (χ1v) is 7.92. The van der Waals surface area contributed by atoms with Crippen molar-refractivity contribution in [2.75, 3.05) is 20.1 Å². The maximum Gasteiger partial charge on any atom is 0.191 e. The van der Waals surface area contributed by atoms with E-state index in [0.717, 1.165) is 12.5 Å². The third-order valence-corrected chi connectivity index (χ3v) is 4.18. The fraction of sp³-hybridized carbons (Fsp3) is 0.533. The van der Waals surface area contributed by atoms with Gasteiger partial charge in [-0.2, -0.15) is 0 Å². The third-order valence-electron chi connectivity index (χ3n) is 3.74. The predicted molar refractivity (Wildman–Crippen MR) is 88.1 cm³/mol. The average Bonchev–Trinajstić information content (AvgIpc) is 2.39. The lowest BCUT2D eigenvalue weighted by Crippen LogP contribution is -2.42. The van der Waals surface area contributed by atoms with Gasteiger partial charge in [0.15, 0.2) is 5.96 Å². The SMILES string of the molecule is CN=C(NCC1CCC1)NCC(O)c1cc(Cl)cc(Cl)c1. The van der Waals surface area contributed by atoms with Gasteiger partial charge in [-0.3, -0.25) is 4.99 Å². The Balaban J connectivity index is 1.82. The summed E-state index contributed by atoms with van der Waals surface area (Å²) in [6.07, 6.45) is 3.21. The summed E-state index contributed by atoms with van der Waals surface area (Å²) in [7, 11) is 1.72. The molecule has 21 heavy (non-hydrogen) atoms. The van der Waals surface area contributed by atoms with Crippen molar-refractivity contribution in [1.29, 1.82) is 0 Å². The zero-order chi connectivity index (χ0) is 15.2. The van der Waals surface area contributed by atoms with Crippen LogP contribution in [-0.2, 0) is 0 Å². The van der Waals surface area contributed by atoms with Crippen molar-refractivity contribution in [1.82, 2.24) is 10.6 Å². The highest BCUT2D eigenvalue weighted by Gasteiger charge is 2.17. The molecule has 1 fully saturated rings. The molecule has 0 aliphatic heterocycles. The van der Waals surface area contributed by atoms with Crippen LogP contribution in [0.15, 0.2) is 23.2 Å². The number of halogens is 2. The molecular formula is C15H21Cl2N3O. The first-order chi connectivity index (χ1) is 10.1. The predicted octanol–water partition coefficient (Wildman–Crippen LogP) is 2.99. The van der Waals surface area contributed by atoms with Crippen LogP contribution in [0.5, 0.6) is 0 Å². The molecule has 0 radical (unpaired) electrons. The lowest BCUT2D eigenvalue weighted by atomic mass is 9.85. The second-order valence-electron chi connectivity index (χ2n) is 5.35. The summed E-state index contributed by atoms with van der Waals surface area (Å²) in [4.78, 5) is 4.15. The Kier molecular flexibility index (Phi) is 6.15. The summed E-state index contributed by atoms with van der Waals surface area (Å²) >= 11 is 11.9. The van der Waals surface area contributed by atoms with E-state index in [1.165, 1.54) is 19.3 Å². The summed E-state index contributed by atoms with van der Waals surface area (Å²) in [5.41, 5.74) is 0.689. The summed E-state index contributed by atoms with van der Waals surface area (Å²) in [5.74, 6) is 1.45. The first kappa shape index (κ1) is 16.4. The van der Waals surface area contributed by atoms with Crippen LogP contribution in [0.1, 0.15) is 30.9 Å². The standard InChI is InChI=1S/C15H21Cl2N3O/c1-18-15(19-8-10-3-2-4-10)20-9-14(21)11-5-12(16)7-13(17)6-11/h5-7,10,14,21H,2-4,8-9H2,1H3,(H2,18,19,20). The highest BCUT2D eigenvalue weighted by molar-refractivity contribution is 6.34. The second-order valence-corrected chi connectivity index (χ2v) is 6.22. The molecule has 116 valence electrons. The van der Waals surface area contributed by atoms with Crippen molar-refractivity contribution in [3.8, 4) is 0 Å². The fourth-order valence-corrected chi connectivity index (χ4v) is 2.78. The lowest BCUT2D eigenvalue weighted by molar-refractivity contribution is 0.180. The minimum atomic E-state index is -0.691. The molecular weight excluding hydrogens is 309 g/mol. The number of nitrogens with one attached hydrogen (secondary N) is 2. The first-order valence-electron chi connectivity index (χ1n) is 7.17. The number of guanidine groups is 1. The molecule has 1 saturated carbocycles. The van der Waals surface area contributed by atoms with E-state index in [1.54, 1.807) is 25.2 Å². The maximum absolute atomic E-state index is 10.2. The number of rotatable bonds is 5. The van der Waals surface area contributed by atoms with Gasteiger partial charge in [-0.1, -0.05) is 29.6 Å². The maximum atomic E-state index is 10.2. The zero-order valence-electron chi connectivity index (χ0n) is 12.1. The Morgan fingerprint density at radius 3 is 2.48 bits per heavy atom. The average molecular weight is 330 g/mol. The van der Waals surface area contributed by atoms with E-state index < -0.39 is 6.10 Å². The molecule has 1 aliphatic carbocycles. The quantitative estimate of drug-likeness (QED) is 0.575. The van der Waals surface area contributed by atoms with Crippen LogP contribution in [0.25, 0.3) is 0 Å². The van der Waals surface area contributed by atoms with Crippen molar-refractivity contribution < 1.29 is 5.11 Å². The van der Waals surface area contributed by atoms with Crippen molar-refractivity contribution in [3.05, 3.63) is 33.8 Å². The molecule has 0 bridgehead atoms. The number of hydrogen-bond acceptors (Lipinski definition) is 2. The topological polar surface area (TPSA) is 56.7 Å². The van der Waals surface area contributed by atoms with Crippen molar-refractivity contribution in [2.45, 2.75) is 25.4 Å². The summed E-state index contributed by atoms with van der Waals surface area (Å²) in [6.45, 7) is 1.28. The molecule has 1 aromatic rings. The van der Waals surface area contributed by atoms with Gasteiger partial charge in [-0.25, -0.2) is 0 Å². The van der Waals surface area contributed by atoms with E-state index in [1.807, 2.05) is 0 Å². The van der Waals surface area contributed by atoms with E-state index in [2.05, 4.69) is 15.6 Å². The van der Waals surface area contributed by atoms with E-state index in [0.29, 0.717) is 28.1 Å². The van der Waals surface area contributed by atoms with Crippen LogP contribution in [0.3, 0.4) is 0 Å². The number of benzene rings is 1. The van der Waals surface area contributed by atoms with Gasteiger partial charge in [0, 0.05) is 30.2 Å². The minimum absolute atomic E-state index is 0.348. The van der Waals surface area contributed by atoms with Crippen molar-refractivity contribution in [3.63, 3.8) is 0 Å². The highest BCUT2D eigenvalue weighted by atomic mass is 35.5. The largest absolute Gasteiger partial charge is 0.387 e. The van der Waals surface area contributed by atoms with Gasteiger partial charge in [0.1, 0.15) is 0 Å². The summed E-state index contributed by atoms with van der Waals surface area (Å²) < 4.78 is 0. The van der Waals surface area contributed by atoms with Gasteiger partial charge in [-0.15, -0.1) is 0 Å². The Morgan fingerprint density at radius 2 is 1.95 bits per heavy atom. The number of aliphatic hydroxyl groups excluding tert-OH is 1. The molecule has 1 atom stereocenters. The molecule has 6 heteroatoms. The van der Waals surface area contributed by atoms with Gasteiger partial charge < -0.3 is 15.7 Å². The normalized spacial score (nSPS) is 17.2. The highest BCUT2D eigenvalue weighted by Crippen LogP contribution is 2.25. The van der Waals surface area contributed by atoms with Gasteiger partial charge in [-0.05, 0) is 42.5 Å². The van der Waals surface area contributed by atoms with Gasteiger partial charge >= 0.3 is 0 Å². The number of aliphatic hydroxyl groups is 1. The molecule has 3 N–H and O–H groups in total. The molecule has 1 aromatic carbocycles. The molecule has 1 aliphatic rings. The van der Waals surface area contributed by atoms with Crippen LogP contribution in [0.2, 0.25) is 10.0 Å². The van der Waals surface area contributed by atoms with Crippen LogP contribution in [0, 0.1) is 5.92 Å². The number of nitrogens with zero attached hydrogens (tertiary/aromatic N) is 1. The van der Waals surface area contributed by atoms with E-state index in [-0.39, 0.29) is 0 Å². The van der Waals surface area contributed by atoms with Crippen LogP contribution >= 0.6 is 23.2 Å². The number of hydrogen-bond donors (Lipinski definition) is 3. The van der Waals surface area contributed by atoms with Crippen molar-refractivity contribution in [2.24, 2.45) is 10.9 Å². The molecule has 2 rings (SSSR count). The van der Waals surface area contributed by atoms with Gasteiger partial charge in [0.2, 0.25) is 0 Å². The van der Waals surface area contributed by atoms with E-state index in [9.17, 15) is 5.11 Å². The molecule has 1 unspecified atom stereocenters. The smallest absolute Gasteiger partial charge is 0.191 e. The molecule has 0 saturated heterocycles. The van der Waals surface area contributed by atoms with Crippen molar-refractivity contribution >= 4 is 29.2 Å². The molecule has 4 nitrogen and oxygen atoms in total. The Bertz CT molecular complexity index is 483. The monoisotopic (exact) mass is 329 g/mol. The Labute approximate surface area is 135 Å². The van der Waals surface area contributed by atoms with Gasteiger partial charge in [0.05, 0.1) is 6.10 Å². The Hall–Kier alpha value is -0.970. The zero-order valence-corrected chi connectivity index (χ0v) is 13.6. The van der Waals surface area contributed by atoms with E-state index in [4.69, 9.17) is 23.2 Å². The molecule has 0 aromatic heterocycles. The number of aliphatic imine (C=N–C) groups is 1. The lowest BCUT2D eigenvalue weighted by Gasteiger charge is -2.26. The fourth-order valence-electron chi connectivity index (χ4n) is 2.24. The third kappa shape index (κ3) is 5.06. The summed E-state index contributed by atoms with van der Waals surface area (Å²) in [6, 6.07) is 5.07. The van der Waals surface area contributed by atoms with Crippen LogP contribution in [-0.4, -0.2) is 31.2 Å². The summed E-state index contributed by atoms with van der Waals surface area (Å²) in [5, 5.41) is 17.6. The Morgan fingerprint density at radius 1 is 1.29 bits per heavy atom. The van der Waals surface area contributed by atoms with Gasteiger partial charge in [0.25, 0.3) is 0 Å². The molecule has 0 spiro atoms.